The van der Waals surface area contributed by atoms with Gasteiger partial charge in [-0.2, -0.15) is 4.80 Å². The zero-order chi connectivity index (χ0) is 26.2. The Hall–Kier alpha value is -4.02. The van der Waals surface area contributed by atoms with Gasteiger partial charge in [-0.15, -0.1) is 10.2 Å². The number of para-hydroxylation sites is 1. The Bertz CT molecular complexity index is 1200. The van der Waals surface area contributed by atoms with Crippen molar-refractivity contribution >= 4 is 17.5 Å². The Morgan fingerprint density at radius 2 is 1.81 bits per heavy atom. The summed E-state index contributed by atoms with van der Waals surface area (Å²) in [6, 6.07) is 9.98. The first-order valence-electron chi connectivity index (χ1n) is 11.6. The summed E-state index contributed by atoms with van der Waals surface area (Å²) in [6.07, 6.45) is 0.786. The van der Waals surface area contributed by atoms with Gasteiger partial charge >= 0.3 is 0 Å². The number of carbonyl (C=O) groups is 2. The van der Waals surface area contributed by atoms with Gasteiger partial charge in [-0.25, -0.2) is 4.39 Å². The highest BCUT2D eigenvalue weighted by Crippen LogP contribution is 2.30. The summed E-state index contributed by atoms with van der Waals surface area (Å²) in [4.78, 5) is 28.4. The van der Waals surface area contributed by atoms with Crippen LogP contribution in [0.1, 0.15) is 27.2 Å². The summed E-state index contributed by atoms with van der Waals surface area (Å²) < 4.78 is 25.2. The summed E-state index contributed by atoms with van der Waals surface area (Å²) in [7, 11) is 3.05. The molecule has 0 spiro atoms. The third-order valence-electron chi connectivity index (χ3n) is 5.54. The van der Waals surface area contributed by atoms with Crippen LogP contribution >= 0.6 is 0 Å². The van der Waals surface area contributed by atoms with Crippen LogP contribution in [0, 0.1) is 11.7 Å². The van der Waals surface area contributed by atoms with E-state index in [1.807, 2.05) is 13.8 Å². The fourth-order valence-corrected chi connectivity index (χ4v) is 3.55. The van der Waals surface area contributed by atoms with Crippen molar-refractivity contribution in [2.45, 2.75) is 39.8 Å². The minimum absolute atomic E-state index is 0.00533. The maximum absolute atomic E-state index is 14.7. The topological polar surface area (TPSA) is 111 Å². The van der Waals surface area contributed by atoms with E-state index in [0.717, 1.165) is 16.1 Å². The summed E-state index contributed by atoms with van der Waals surface area (Å²) >= 11 is 0. The van der Waals surface area contributed by atoms with Crippen LogP contribution in [0.2, 0.25) is 0 Å². The molecule has 2 aromatic carbocycles. The van der Waals surface area contributed by atoms with Crippen molar-refractivity contribution in [3.8, 4) is 22.9 Å². The molecule has 0 aliphatic heterocycles. The summed E-state index contributed by atoms with van der Waals surface area (Å²) in [5.41, 5.74) is 0.601. The van der Waals surface area contributed by atoms with E-state index in [4.69, 9.17) is 9.47 Å². The number of tetrazole rings is 1. The molecule has 36 heavy (non-hydrogen) atoms. The average Bonchev–Trinajstić information content (AvgIpc) is 3.32. The number of halogens is 1. The van der Waals surface area contributed by atoms with Crippen LogP contribution < -0.4 is 19.7 Å². The number of rotatable bonds is 11. The third-order valence-corrected chi connectivity index (χ3v) is 5.54. The predicted octanol–water partition coefficient (Wildman–Crippen LogP) is 3.08. The van der Waals surface area contributed by atoms with Crippen molar-refractivity contribution in [2.24, 2.45) is 5.92 Å². The molecule has 0 saturated heterocycles. The first-order chi connectivity index (χ1) is 17.2. The van der Waals surface area contributed by atoms with Gasteiger partial charge in [0.05, 0.1) is 19.9 Å². The quantitative estimate of drug-likeness (QED) is 0.432. The Morgan fingerprint density at radius 1 is 1.08 bits per heavy atom. The lowest BCUT2D eigenvalue weighted by Crippen LogP contribution is -2.50. The Balaban J connectivity index is 1.82. The number of hydrogen-bond donors (Lipinski definition) is 1. The van der Waals surface area contributed by atoms with Crippen molar-refractivity contribution in [1.29, 1.82) is 0 Å². The van der Waals surface area contributed by atoms with Crippen LogP contribution in [0.3, 0.4) is 0 Å². The van der Waals surface area contributed by atoms with Crippen molar-refractivity contribution in [3.63, 3.8) is 0 Å². The normalized spacial score (nSPS) is 11.8. The summed E-state index contributed by atoms with van der Waals surface area (Å²) in [5, 5.41) is 15.1. The molecule has 0 radical (unpaired) electrons. The monoisotopic (exact) mass is 498 g/mol. The molecular formula is C25H31FN6O4. The molecule has 0 bridgehead atoms. The molecule has 192 valence electrons. The second-order valence-corrected chi connectivity index (χ2v) is 8.58. The number of benzene rings is 2. The number of methoxy groups -OCH3 is 2. The second kappa shape index (κ2) is 12.1. The fraction of sp³-hybridized carbons (Fsp3) is 0.400. The van der Waals surface area contributed by atoms with Crippen molar-refractivity contribution in [3.05, 3.63) is 48.3 Å². The van der Waals surface area contributed by atoms with E-state index < -0.39 is 17.8 Å². The highest BCUT2D eigenvalue weighted by Gasteiger charge is 2.30. The lowest BCUT2D eigenvalue weighted by atomic mass is 10.1. The minimum atomic E-state index is -0.963. The predicted molar refractivity (Wildman–Crippen MR) is 132 cm³/mol. The van der Waals surface area contributed by atoms with Crippen LogP contribution in [-0.4, -0.2) is 58.8 Å². The molecule has 0 aliphatic carbocycles. The molecule has 1 N–H and O–H groups in total. The Morgan fingerprint density at radius 3 is 2.47 bits per heavy atom. The molecule has 3 rings (SSSR count). The number of anilines is 1. The van der Waals surface area contributed by atoms with Gasteiger partial charge in [0.15, 0.2) is 11.5 Å². The van der Waals surface area contributed by atoms with Crippen LogP contribution in [-0.2, 0) is 16.1 Å². The molecule has 0 aliphatic rings. The molecule has 11 heteroatoms. The second-order valence-electron chi connectivity index (χ2n) is 8.58. The molecule has 1 heterocycles. The van der Waals surface area contributed by atoms with Crippen LogP contribution in [0.4, 0.5) is 10.1 Å². The maximum Gasteiger partial charge on any atom is 0.251 e. The van der Waals surface area contributed by atoms with E-state index in [9.17, 15) is 14.0 Å². The number of nitrogens with one attached hydrogen (secondary N) is 1. The van der Waals surface area contributed by atoms with Crippen LogP contribution in [0.5, 0.6) is 11.5 Å². The number of aromatic nitrogens is 4. The van der Waals surface area contributed by atoms with Gasteiger partial charge in [-0.05, 0) is 54.8 Å². The van der Waals surface area contributed by atoms with Crippen molar-refractivity contribution in [2.75, 3.05) is 25.7 Å². The van der Waals surface area contributed by atoms with Gasteiger partial charge in [0, 0.05) is 12.1 Å². The van der Waals surface area contributed by atoms with E-state index in [0.29, 0.717) is 29.5 Å². The molecule has 1 aromatic heterocycles. The number of amides is 2. The first kappa shape index (κ1) is 26.6. The molecule has 0 fully saturated rings. The standard InChI is InChI=1S/C25H31FN6O4/c1-16(2)12-13-27-25(34)17(3)32(20-9-7-6-8-19(20)26)23(33)15-31-29-24(28-30-31)18-10-11-21(35-4)22(14-18)36-5/h6-11,14,16-17H,12-13,15H2,1-5H3,(H,27,34)/t17-/m1/s1. The van der Waals surface area contributed by atoms with Crippen LogP contribution in [0.25, 0.3) is 11.4 Å². The van der Waals surface area contributed by atoms with E-state index in [-0.39, 0.29) is 24.0 Å². The SMILES string of the molecule is COc1ccc(-c2nnn(CC(=O)N(c3ccccc3F)[C@H](C)C(=O)NCCC(C)C)n2)cc1OC. The van der Waals surface area contributed by atoms with Crippen molar-refractivity contribution < 1.29 is 23.5 Å². The molecule has 10 nitrogen and oxygen atoms in total. The zero-order valence-electron chi connectivity index (χ0n) is 21.1. The third kappa shape index (κ3) is 6.35. The van der Waals surface area contributed by atoms with E-state index in [1.54, 1.807) is 31.2 Å². The summed E-state index contributed by atoms with van der Waals surface area (Å²) in [6.45, 7) is 5.76. The van der Waals surface area contributed by atoms with Gasteiger partial charge in [-0.1, -0.05) is 26.0 Å². The van der Waals surface area contributed by atoms with Gasteiger partial charge < -0.3 is 14.8 Å². The number of hydrogen-bond acceptors (Lipinski definition) is 7. The molecular weight excluding hydrogens is 467 g/mol. The lowest BCUT2D eigenvalue weighted by Gasteiger charge is -2.28. The Kier molecular flexibility index (Phi) is 8.93. The highest BCUT2D eigenvalue weighted by molar-refractivity contribution is 6.00. The van der Waals surface area contributed by atoms with Crippen LogP contribution in [0.15, 0.2) is 42.5 Å². The Labute approximate surface area is 209 Å². The highest BCUT2D eigenvalue weighted by atomic mass is 19.1. The molecule has 2 amide bonds. The smallest absolute Gasteiger partial charge is 0.251 e. The summed E-state index contributed by atoms with van der Waals surface area (Å²) in [5.74, 6) is 0.136. The van der Waals surface area contributed by atoms with E-state index >= 15 is 0 Å². The molecule has 0 unspecified atom stereocenters. The van der Waals surface area contributed by atoms with Gasteiger partial charge in [-0.3, -0.25) is 14.5 Å². The molecule has 0 saturated carbocycles. The fourth-order valence-electron chi connectivity index (χ4n) is 3.55. The largest absolute Gasteiger partial charge is 0.493 e. The molecule has 3 aromatic rings. The first-order valence-corrected chi connectivity index (χ1v) is 11.6. The van der Waals surface area contributed by atoms with Crippen molar-refractivity contribution in [1.82, 2.24) is 25.5 Å². The number of ether oxygens (including phenoxy) is 2. The average molecular weight is 499 g/mol. The van der Waals surface area contributed by atoms with E-state index in [2.05, 4.69) is 20.7 Å². The number of nitrogens with zero attached hydrogens (tertiary/aromatic N) is 5. The number of carbonyl (C=O) groups excluding carboxylic acids is 2. The minimum Gasteiger partial charge on any atom is -0.493 e. The van der Waals surface area contributed by atoms with E-state index in [1.165, 1.54) is 32.4 Å². The molecule has 1 atom stereocenters. The van der Waals surface area contributed by atoms with Gasteiger partial charge in [0.25, 0.3) is 5.91 Å². The van der Waals surface area contributed by atoms with Gasteiger partial charge in [0.1, 0.15) is 18.4 Å². The zero-order valence-corrected chi connectivity index (χ0v) is 21.1. The lowest BCUT2D eigenvalue weighted by molar-refractivity contribution is -0.126. The van der Waals surface area contributed by atoms with Gasteiger partial charge in [0.2, 0.25) is 11.7 Å². The maximum atomic E-state index is 14.7.